The lowest BCUT2D eigenvalue weighted by Gasteiger charge is -2.15. The summed E-state index contributed by atoms with van der Waals surface area (Å²) in [5.74, 6) is -1.87. The first-order chi connectivity index (χ1) is 12.8. The molecule has 0 aromatic heterocycles. The van der Waals surface area contributed by atoms with Gasteiger partial charge in [-0.05, 0) is 36.4 Å². The molecule has 0 unspecified atom stereocenters. The second-order valence-electron chi connectivity index (χ2n) is 5.47. The summed E-state index contributed by atoms with van der Waals surface area (Å²) < 4.78 is 20.2. The molecule has 0 bridgehead atoms. The van der Waals surface area contributed by atoms with E-state index in [-0.39, 0.29) is 22.8 Å². The third kappa shape index (κ3) is 4.35. The standard InChI is InChI=1S/C18H11BrClFN2O4/c19-10-4-5-15(27-8-12-13(20)2-1-3-14(12)21)9(6-10)7-11-16(24)22-18(26)23-17(11)25/h1-7H,8H2,(H2,22,23,24,25,26). The quantitative estimate of drug-likeness (QED) is 0.548. The molecule has 0 spiro atoms. The Morgan fingerprint density at radius 3 is 2.48 bits per heavy atom. The number of benzene rings is 2. The monoisotopic (exact) mass is 452 g/mol. The highest BCUT2D eigenvalue weighted by Gasteiger charge is 2.28. The fourth-order valence-electron chi connectivity index (χ4n) is 2.35. The van der Waals surface area contributed by atoms with Crippen LogP contribution in [0.15, 0.2) is 46.4 Å². The van der Waals surface area contributed by atoms with Crippen molar-refractivity contribution in [2.24, 2.45) is 0 Å². The van der Waals surface area contributed by atoms with Gasteiger partial charge in [-0.2, -0.15) is 0 Å². The molecule has 2 aromatic rings. The van der Waals surface area contributed by atoms with Crippen molar-refractivity contribution < 1.29 is 23.5 Å². The molecule has 0 aliphatic carbocycles. The maximum absolute atomic E-state index is 13.9. The number of hydrogen-bond acceptors (Lipinski definition) is 4. The molecular formula is C18H11BrClFN2O4. The number of urea groups is 1. The minimum Gasteiger partial charge on any atom is -0.488 e. The van der Waals surface area contributed by atoms with Gasteiger partial charge >= 0.3 is 6.03 Å². The first kappa shape index (κ1) is 19.1. The number of imide groups is 2. The number of carbonyl (C=O) groups is 3. The number of nitrogens with one attached hydrogen (secondary N) is 2. The molecule has 2 aromatic carbocycles. The van der Waals surface area contributed by atoms with E-state index in [1.807, 2.05) is 10.6 Å². The number of carbonyl (C=O) groups excluding carboxylic acids is 3. The van der Waals surface area contributed by atoms with E-state index >= 15 is 0 Å². The summed E-state index contributed by atoms with van der Waals surface area (Å²) in [6.07, 6.45) is 1.28. The Morgan fingerprint density at radius 2 is 1.81 bits per heavy atom. The lowest BCUT2D eigenvalue weighted by Crippen LogP contribution is -2.51. The number of rotatable bonds is 4. The van der Waals surface area contributed by atoms with Crippen molar-refractivity contribution in [3.8, 4) is 5.75 Å². The Labute approximate surface area is 166 Å². The van der Waals surface area contributed by atoms with E-state index in [0.29, 0.717) is 15.8 Å². The summed E-state index contributed by atoms with van der Waals surface area (Å²) in [6.45, 7) is -0.153. The highest BCUT2D eigenvalue weighted by molar-refractivity contribution is 9.10. The van der Waals surface area contributed by atoms with E-state index in [4.69, 9.17) is 16.3 Å². The molecule has 1 heterocycles. The molecule has 0 saturated carbocycles. The molecule has 1 aliphatic heterocycles. The largest absolute Gasteiger partial charge is 0.488 e. The minimum atomic E-state index is -0.887. The first-order valence-corrected chi connectivity index (χ1v) is 8.76. The average molecular weight is 454 g/mol. The Kier molecular flexibility index (Phi) is 5.57. The predicted octanol–water partition coefficient (Wildman–Crippen LogP) is 3.57. The molecule has 0 radical (unpaired) electrons. The van der Waals surface area contributed by atoms with Crippen LogP contribution >= 0.6 is 27.5 Å². The third-order valence-corrected chi connectivity index (χ3v) is 4.50. The second kappa shape index (κ2) is 7.89. The van der Waals surface area contributed by atoms with Crippen LogP contribution in [0.3, 0.4) is 0 Å². The SMILES string of the molecule is O=C1NC(=O)C(=Cc2cc(Br)ccc2OCc2c(F)cccc2Cl)C(=O)N1. The molecule has 1 aliphatic rings. The molecule has 3 rings (SSSR count). The van der Waals surface area contributed by atoms with Gasteiger partial charge in [-0.3, -0.25) is 20.2 Å². The number of halogens is 3. The van der Waals surface area contributed by atoms with Crippen LogP contribution in [-0.2, 0) is 16.2 Å². The van der Waals surface area contributed by atoms with E-state index in [9.17, 15) is 18.8 Å². The van der Waals surface area contributed by atoms with Crippen molar-refractivity contribution in [3.63, 3.8) is 0 Å². The van der Waals surface area contributed by atoms with Crippen molar-refractivity contribution >= 4 is 51.5 Å². The van der Waals surface area contributed by atoms with E-state index in [0.717, 1.165) is 0 Å². The van der Waals surface area contributed by atoms with Gasteiger partial charge in [-0.1, -0.05) is 33.6 Å². The zero-order chi connectivity index (χ0) is 19.6. The van der Waals surface area contributed by atoms with Crippen LogP contribution in [0, 0.1) is 5.82 Å². The second-order valence-corrected chi connectivity index (χ2v) is 6.79. The Balaban J connectivity index is 1.92. The Morgan fingerprint density at radius 1 is 1.11 bits per heavy atom. The topological polar surface area (TPSA) is 84.5 Å². The lowest BCUT2D eigenvalue weighted by atomic mass is 10.1. The molecule has 1 fully saturated rings. The molecular weight excluding hydrogens is 443 g/mol. The third-order valence-electron chi connectivity index (χ3n) is 3.65. The van der Waals surface area contributed by atoms with Crippen molar-refractivity contribution in [2.75, 3.05) is 0 Å². The average Bonchev–Trinajstić information content (AvgIpc) is 2.59. The summed E-state index contributed by atoms with van der Waals surface area (Å²) >= 11 is 9.29. The Hall–Kier alpha value is -2.71. The van der Waals surface area contributed by atoms with Gasteiger partial charge in [0.1, 0.15) is 23.7 Å². The first-order valence-electron chi connectivity index (χ1n) is 7.59. The minimum absolute atomic E-state index is 0.153. The van der Waals surface area contributed by atoms with Crippen LogP contribution in [0.1, 0.15) is 11.1 Å². The zero-order valence-electron chi connectivity index (χ0n) is 13.5. The van der Waals surface area contributed by atoms with Crippen LogP contribution in [0.5, 0.6) is 5.75 Å². The molecule has 2 N–H and O–H groups in total. The maximum atomic E-state index is 13.9. The number of hydrogen-bond donors (Lipinski definition) is 2. The van der Waals surface area contributed by atoms with Gasteiger partial charge in [0.15, 0.2) is 0 Å². The van der Waals surface area contributed by atoms with Crippen molar-refractivity contribution in [1.82, 2.24) is 10.6 Å². The van der Waals surface area contributed by atoms with E-state index in [1.54, 1.807) is 24.3 Å². The zero-order valence-corrected chi connectivity index (χ0v) is 15.9. The number of ether oxygens (including phenoxy) is 1. The molecule has 27 heavy (non-hydrogen) atoms. The van der Waals surface area contributed by atoms with E-state index < -0.39 is 23.7 Å². The van der Waals surface area contributed by atoms with Crippen molar-refractivity contribution in [2.45, 2.75) is 6.61 Å². The van der Waals surface area contributed by atoms with Crippen LogP contribution in [0.4, 0.5) is 9.18 Å². The number of barbiturate groups is 1. The van der Waals surface area contributed by atoms with E-state index in [1.165, 1.54) is 18.2 Å². The number of amides is 4. The summed E-state index contributed by atoms with van der Waals surface area (Å²) in [7, 11) is 0. The normalized spacial score (nSPS) is 13.9. The molecule has 1 saturated heterocycles. The van der Waals surface area contributed by atoms with Crippen LogP contribution in [-0.4, -0.2) is 17.8 Å². The van der Waals surface area contributed by atoms with Crippen LogP contribution < -0.4 is 15.4 Å². The molecule has 138 valence electrons. The smallest absolute Gasteiger partial charge is 0.328 e. The van der Waals surface area contributed by atoms with E-state index in [2.05, 4.69) is 15.9 Å². The predicted molar refractivity (Wildman–Crippen MR) is 99.5 cm³/mol. The van der Waals surface area contributed by atoms with Gasteiger partial charge in [0.2, 0.25) is 0 Å². The highest BCUT2D eigenvalue weighted by Crippen LogP contribution is 2.28. The van der Waals surface area contributed by atoms with Gasteiger partial charge in [-0.25, -0.2) is 9.18 Å². The fraction of sp³-hybridized carbons (Fsp3) is 0.0556. The lowest BCUT2D eigenvalue weighted by molar-refractivity contribution is -0.123. The van der Waals surface area contributed by atoms with Crippen molar-refractivity contribution in [1.29, 1.82) is 0 Å². The van der Waals surface area contributed by atoms with Gasteiger partial charge in [0.05, 0.1) is 5.02 Å². The van der Waals surface area contributed by atoms with Crippen LogP contribution in [0.25, 0.3) is 6.08 Å². The van der Waals surface area contributed by atoms with Crippen molar-refractivity contribution in [3.05, 3.63) is 68.4 Å². The van der Waals surface area contributed by atoms with Gasteiger partial charge < -0.3 is 4.74 Å². The molecule has 9 heteroatoms. The summed E-state index contributed by atoms with van der Waals surface area (Å²) in [4.78, 5) is 35.0. The fourth-order valence-corrected chi connectivity index (χ4v) is 2.94. The molecule has 4 amide bonds. The van der Waals surface area contributed by atoms with Gasteiger partial charge in [0.25, 0.3) is 11.8 Å². The summed E-state index contributed by atoms with van der Waals surface area (Å²) in [5, 5.41) is 4.20. The summed E-state index contributed by atoms with van der Waals surface area (Å²) in [5.41, 5.74) is 0.299. The maximum Gasteiger partial charge on any atom is 0.328 e. The summed E-state index contributed by atoms with van der Waals surface area (Å²) in [6, 6.07) is 8.30. The molecule has 0 atom stereocenters. The van der Waals surface area contributed by atoms with Gasteiger partial charge in [0, 0.05) is 15.6 Å². The van der Waals surface area contributed by atoms with Crippen LogP contribution in [0.2, 0.25) is 5.02 Å². The highest BCUT2D eigenvalue weighted by atomic mass is 79.9. The Bertz CT molecular complexity index is 951. The van der Waals surface area contributed by atoms with Gasteiger partial charge in [-0.15, -0.1) is 0 Å². The molecule has 6 nitrogen and oxygen atoms in total.